The summed E-state index contributed by atoms with van der Waals surface area (Å²) in [4.78, 5) is 17.5. The summed E-state index contributed by atoms with van der Waals surface area (Å²) >= 11 is 0. The van der Waals surface area contributed by atoms with E-state index in [-0.39, 0.29) is 6.61 Å². The van der Waals surface area contributed by atoms with Gasteiger partial charge in [-0.25, -0.2) is 0 Å². The van der Waals surface area contributed by atoms with Crippen molar-refractivity contribution in [3.05, 3.63) is 42.5 Å². The largest absolute Gasteiger partial charge is 0.484 e. The highest BCUT2D eigenvalue weighted by Crippen LogP contribution is 2.13. The number of nitrogens with two attached hydrogens (primary N) is 1. The van der Waals surface area contributed by atoms with Crippen molar-refractivity contribution < 1.29 is 9.53 Å². The van der Waals surface area contributed by atoms with Gasteiger partial charge >= 0.3 is 0 Å². The van der Waals surface area contributed by atoms with Crippen LogP contribution in [0.3, 0.4) is 0 Å². The Bertz CT molecular complexity index is 624. The fourth-order valence-corrected chi connectivity index (χ4v) is 2.92. The number of primary amides is 1. The fourth-order valence-electron chi connectivity index (χ4n) is 2.92. The quantitative estimate of drug-likeness (QED) is 0.364. The Hall–Kier alpha value is -2.54. The predicted molar refractivity (Wildman–Crippen MR) is 104 cm³/mol. The van der Waals surface area contributed by atoms with E-state index in [9.17, 15) is 4.79 Å². The SMILES string of the molecule is C=CCN1CCC(NC(=NC)NCc2cccc(OCC(N)=O)c2)CC1. The number of carbonyl (C=O) groups excluding carboxylic acids is 1. The summed E-state index contributed by atoms with van der Waals surface area (Å²) in [6, 6.07) is 7.99. The number of ether oxygens (including phenoxy) is 1. The zero-order valence-electron chi connectivity index (χ0n) is 15.4. The number of likely N-dealkylation sites (tertiary alicyclic amines) is 1. The summed E-state index contributed by atoms with van der Waals surface area (Å²) in [5, 5.41) is 6.81. The van der Waals surface area contributed by atoms with Gasteiger partial charge in [0.2, 0.25) is 0 Å². The van der Waals surface area contributed by atoms with Crippen molar-refractivity contribution in [1.82, 2.24) is 15.5 Å². The monoisotopic (exact) mass is 359 g/mol. The van der Waals surface area contributed by atoms with Gasteiger partial charge in [-0.3, -0.25) is 14.7 Å². The van der Waals surface area contributed by atoms with Gasteiger partial charge in [0.1, 0.15) is 5.75 Å². The van der Waals surface area contributed by atoms with E-state index >= 15 is 0 Å². The molecule has 1 saturated heterocycles. The molecule has 0 aromatic heterocycles. The van der Waals surface area contributed by atoms with Gasteiger partial charge in [0.05, 0.1) is 0 Å². The third-order valence-corrected chi connectivity index (χ3v) is 4.28. The number of piperidine rings is 1. The van der Waals surface area contributed by atoms with Crippen LogP contribution in [0.15, 0.2) is 41.9 Å². The Balaban J connectivity index is 1.79. The average molecular weight is 359 g/mol. The first-order chi connectivity index (χ1) is 12.6. The molecule has 1 heterocycles. The summed E-state index contributed by atoms with van der Waals surface area (Å²) in [5.74, 6) is 0.925. The second kappa shape index (κ2) is 10.5. The molecule has 0 saturated carbocycles. The van der Waals surface area contributed by atoms with E-state index in [4.69, 9.17) is 10.5 Å². The molecular weight excluding hydrogens is 330 g/mol. The molecule has 0 unspecified atom stereocenters. The van der Waals surface area contributed by atoms with E-state index in [1.165, 1.54) is 0 Å². The lowest BCUT2D eigenvalue weighted by molar-refractivity contribution is -0.119. The van der Waals surface area contributed by atoms with Gasteiger partial charge in [0, 0.05) is 39.3 Å². The Morgan fingerprint density at radius 2 is 2.23 bits per heavy atom. The Labute approximate surface area is 155 Å². The molecule has 7 nitrogen and oxygen atoms in total. The number of hydrogen-bond acceptors (Lipinski definition) is 4. The van der Waals surface area contributed by atoms with Gasteiger partial charge in [-0.05, 0) is 30.5 Å². The molecule has 2 rings (SSSR count). The van der Waals surface area contributed by atoms with Crippen LogP contribution in [0.25, 0.3) is 0 Å². The highest BCUT2D eigenvalue weighted by Gasteiger charge is 2.18. The van der Waals surface area contributed by atoms with E-state index < -0.39 is 5.91 Å². The van der Waals surface area contributed by atoms with Crippen LogP contribution >= 0.6 is 0 Å². The predicted octanol–water partition coefficient (Wildman–Crippen LogP) is 0.866. The summed E-state index contributed by atoms with van der Waals surface area (Å²) in [7, 11) is 1.77. The van der Waals surface area contributed by atoms with Crippen LogP contribution in [-0.4, -0.2) is 56.1 Å². The third kappa shape index (κ3) is 6.76. The van der Waals surface area contributed by atoms with Crippen molar-refractivity contribution in [2.45, 2.75) is 25.4 Å². The van der Waals surface area contributed by atoms with Gasteiger partial charge in [-0.1, -0.05) is 18.2 Å². The maximum absolute atomic E-state index is 10.8. The Morgan fingerprint density at radius 1 is 1.46 bits per heavy atom. The molecule has 1 aromatic carbocycles. The van der Waals surface area contributed by atoms with E-state index in [2.05, 4.69) is 27.1 Å². The van der Waals surface area contributed by atoms with Crippen LogP contribution in [0.5, 0.6) is 5.75 Å². The maximum atomic E-state index is 10.8. The van der Waals surface area contributed by atoms with E-state index in [0.717, 1.165) is 44.0 Å². The molecule has 0 spiro atoms. The molecule has 142 valence electrons. The van der Waals surface area contributed by atoms with Gasteiger partial charge < -0.3 is 21.1 Å². The number of amides is 1. The molecule has 0 aliphatic carbocycles. The summed E-state index contributed by atoms with van der Waals surface area (Å²) in [5.41, 5.74) is 6.14. The van der Waals surface area contributed by atoms with E-state index in [1.54, 1.807) is 13.1 Å². The molecule has 1 aliphatic rings. The molecule has 4 N–H and O–H groups in total. The number of hydrogen-bond donors (Lipinski definition) is 3. The number of nitrogens with zero attached hydrogens (tertiary/aromatic N) is 2. The lowest BCUT2D eigenvalue weighted by atomic mass is 10.1. The first-order valence-electron chi connectivity index (χ1n) is 8.91. The first kappa shape index (κ1) is 19.8. The highest BCUT2D eigenvalue weighted by molar-refractivity contribution is 5.80. The molecule has 7 heteroatoms. The van der Waals surface area contributed by atoms with Crippen molar-refractivity contribution in [2.24, 2.45) is 10.7 Å². The van der Waals surface area contributed by atoms with Crippen LogP contribution < -0.4 is 21.1 Å². The minimum absolute atomic E-state index is 0.120. The smallest absolute Gasteiger partial charge is 0.255 e. The molecule has 0 bridgehead atoms. The molecule has 1 amide bonds. The minimum Gasteiger partial charge on any atom is -0.484 e. The molecule has 1 fully saturated rings. The van der Waals surface area contributed by atoms with Crippen LogP contribution in [0, 0.1) is 0 Å². The Kier molecular flexibility index (Phi) is 7.95. The molecule has 0 radical (unpaired) electrons. The van der Waals surface area contributed by atoms with Gasteiger partial charge in [0.25, 0.3) is 5.91 Å². The Morgan fingerprint density at radius 3 is 2.88 bits per heavy atom. The summed E-state index contributed by atoms with van der Waals surface area (Å²) in [6.07, 6.45) is 4.13. The fraction of sp³-hybridized carbons (Fsp3) is 0.474. The van der Waals surface area contributed by atoms with Crippen molar-refractivity contribution >= 4 is 11.9 Å². The van der Waals surface area contributed by atoms with Crippen LogP contribution in [0.1, 0.15) is 18.4 Å². The normalized spacial score (nSPS) is 16.1. The number of aliphatic imine (C=N–C) groups is 1. The van der Waals surface area contributed by atoms with Crippen molar-refractivity contribution in [3.63, 3.8) is 0 Å². The highest BCUT2D eigenvalue weighted by atomic mass is 16.5. The van der Waals surface area contributed by atoms with E-state index in [0.29, 0.717) is 18.3 Å². The zero-order chi connectivity index (χ0) is 18.8. The second-order valence-corrected chi connectivity index (χ2v) is 6.34. The summed E-state index contributed by atoms with van der Waals surface area (Å²) < 4.78 is 5.33. The number of benzene rings is 1. The third-order valence-electron chi connectivity index (χ3n) is 4.28. The topological polar surface area (TPSA) is 92.0 Å². The molecular formula is C19H29N5O2. The average Bonchev–Trinajstić information content (AvgIpc) is 2.65. The standard InChI is InChI=1S/C19H29N5O2/c1-3-9-24-10-7-16(8-11-24)23-19(21-2)22-13-15-5-4-6-17(12-15)26-14-18(20)25/h3-6,12,16H,1,7-11,13-14H2,2H3,(H2,20,25)(H2,21,22,23). The second-order valence-electron chi connectivity index (χ2n) is 6.34. The number of guanidine groups is 1. The molecule has 0 atom stereocenters. The van der Waals surface area contributed by atoms with Gasteiger partial charge in [0.15, 0.2) is 12.6 Å². The number of rotatable bonds is 8. The molecule has 1 aromatic rings. The van der Waals surface area contributed by atoms with Gasteiger partial charge in [-0.2, -0.15) is 0 Å². The number of nitrogens with one attached hydrogen (secondary N) is 2. The number of carbonyl (C=O) groups is 1. The molecule has 1 aliphatic heterocycles. The van der Waals surface area contributed by atoms with E-state index in [1.807, 2.05) is 24.3 Å². The summed E-state index contributed by atoms with van der Waals surface area (Å²) in [6.45, 7) is 7.38. The van der Waals surface area contributed by atoms with Gasteiger partial charge in [-0.15, -0.1) is 6.58 Å². The van der Waals surface area contributed by atoms with Crippen LogP contribution in [-0.2, 0) is 11.3 Å². The minimum atomic E-state index is -0.489. The van der Waals surface area contributed by atoms with Crippen LogP contribution in [0.4, 0.5) is 0 Å². The van der Waals surface area contributed by atoms with Crippen molar-refractivity contribution in [1.29, 1.82) is 0 Å². The van der Waals surface area contributed by atoms with Crippen molar-refractivity contribution in [2.75, 3.05) is 33.3 Å². The zero-order valence-corrected chi connectivity index (χ0v) is 15.4. The first-order valence-corrected chi connectivity index (χ1v) is 8.91. The lowest BCUT2D eigenvalue weighted by Gasteiger charge is -2.32. The lowest BCUT2D eigenvalue weighted by Crippen LogP contribution is -2.48. The molecule has 26 heavy (non-hydrogen) atoms. The van der Waals surface area contributed by atoms with Crippen molar-refractivity contribution in [3.8, 4) is 5.75 Å². The maximum Gasteiger partial charge on any atom is 0.255 e. The van der Waals surface area contributed by atoms with Crippen LogP contribution in [0.2, 0.25) is 0 Å².